The number of halogens is 5. The molecule has 0 aliphatic carbocycles. The van der Waals surface area contributed by atoms with Crippen LogP contribution in [0.25, 0.3) is 5.82 Å². The lowest BCUT2D eigenvalue weighted by molar-refractivity contribution is -0.269. The van der Waals surface area contributed by atoms with Crippen LogP contribution in [-0.4, -0.2) is 31.0 Å². The van der Waals surface area contributed by atoms with Gasteiger partial charge in [0.25, 0.3) is 0 Å². The highest BCUT2D eigenvalue weighted by Crippen LogP contribution is 2.43. The van der Waals surface area contributed by atoms with Gasteiger partial charge in [0.2, 0.25) is 0 Å². The van der Waals surface area contributed by atoms with Crippen molar-refractivity contribution in [1.82, 2.24) is 19.7 Å². The molecule has 0 fully saturated rings. The van der Waals surface area contributed by atoms with Gasteiger partial charge in [-0.2, -0.15) is 18.3 Å². The minimum atomic E-state index is -4.91. The van der Waals surface area contributed by atoms with E-state index < -0.39 is 23.8 Å². The maximum Gasteiger partial charge on any atom is 0.421 e. The topological polar surface area (TPSA) is 63.8 Å². The summed E-state index contributed by atoms with van der Waals surface area (Å²) in [5.74, 6) is 0.476. The molecular weight excluding hydrogens is 404 g/mol. The standard InChI is InChI=1S/C17H13Cl2F3N4O/c18-13-5-12(6-14(19)7-13)16(27,17(20,21)22)4-3-11-1-2-15(24-8-11)26-10-23-9-25-26/h1-2,5-10,27H,3-4H2. The number of aryl methyl sites for hydroxylation is 1. The third-order valence-electron chi connectivity index (χ3n) is 4.05. The number of pyridine rings is 1. The van der Waals surface area contributed by atoms with Crippen molar-refractivity contribution in [2.45, 2.75) is 24.6 Å². The van der Waals surface area contributed by atoms with E-state index in [0.717, 1.165) is 12.1 Å². The summed E-state index contributed by atoms with van der Waals surface area (Å²) >= 11 is 11.6. The second-order valence-corrected chi connectivity index (χ2v) is 6.75. The Kier molecular flexibility index (Phi) is 5.41. The lowest BCUT2D eigenvalue weighted by Crippen LogP contribution is -2.42. The van der Waals surface area contributed by atoms with Crippen LogP contribution < -0.4 is 0 Å². The Bertz CT molecular complexity index is 897. The van der Waals surface area contributed by atoms with Gasteiger partial charge in [-0.1, -0.05) is 29.3 Å². The number of nitrogens with zero attached hydrogens (tertiary/aromatic N) is 4. The average Bonchev–Trinajstić information content (AvgIpc) is 3.13. The van der Waals surface area contributed by atoms with E-state index >= 15 is 0 Å². The first-order valence-corrected chi connectivity index (χ1v) is 8.50. The van der Waals surface area contributed by atoms with Crippen LogP contribution in [0, 0.1) is 0 Å². The van der Waals surface area contributed by atoms with Crippen LogP contribution >= 0.6 is 23.2 Å². The molecule has 0 aliphatic rings. The molecule has 27 heavy (non-hydrogen) atoms. The smallest absolute Gasteiger partial charge is 0.376 e. The fraction of sp³-hybridized carbons (Fsp3) is 0.235. The second-order valence-electron chi connectivity index (χ2n) is 5.88. The van der Waals surface area contributed by atoms with Gasteiger partial charge in [-0.3, -0.25) is 0 Å². The van der Waals surface area contributed by atoms with Crippen molar-refractivity contribution < 1.29 is 18.3 Å². The van der Waals surface area contributed by atoms with Crippen molar-refractivity contribution >= 4 is 23.2 Å². The monoisotopic (exact) mass is 416 g/mol. The van der Waals surface area contributed by atoms with Crippen LogP contribution in [0.2, 0.25) is 10.0 Å². The lowest BCUT2D eigenvalue weighted by atomic mass is 9.87. The van der Waals surface area contributed by atoms with Crippen LogP contribution in [0.3, 0.4) is 0 Å². The van der Waals surface area contributed by atoms with Crippen molar-refractivity contribution in [3.8, 4) is 5.82 Å². The molecule has 0 amide bonds. The first-order chi connectivity index (χ1) is 12.7. The molecule has 0 saturated carbocycles. The Morgan fingerprint density at radius 2 is 1.78 bits per heavy atom. The number of rotatable bonds is 5. The van der Waals surface area contributed by atoms with Crippen LogP contribution in [0.4, 0.5) is 13.2 Å². The van der Waals surface area contributed by atoms with Gasteiger partial charge < -0.3 is 5.11 Å². The molecule has 5 nitrogen and oxygen atoms in total. The SMILES string of the molecule is OC(CCc1ccc(-n2cncn2)nc1)(c1cc(Cl)cc(Cl)c1)C(F)(F)F. The molecule has 0 saturated heterocycles. The van der Waals surface area contributed by atoms with E-state index in [4.69, 9.17) is 23.2 Å². The van der Waals surface area contributed by atoms with Gasteiger partial charge in [-0.25, -0.2) is 14.6 Å². The largest absolute Gasteiger partial charge is 0.421 e. The maximum absolute atomic E-state index is 13.6. The fourth-order valence-corrected chi connectivity index (χ4v) is 3.12. The predicted molar refractivity (Wildman–Crippen MR) is 93.9 cm³/mol. The highest BCUT2D eigenvalue weighted by Gasteiger charge is 2.54. The number of alkyl halides is 3. The van der Waals surface area contributed by atoms with Crippen molar-refractivity contribution in [3.05, 3.63) is 70.4 Å². The summed E-state index contributed by atoms with van der Waals surface area (Å²) in [4.78, 5) is 7.94. The van der Waals surface area contributed by atoms with E-state index in [1.807, 2.05) is 0 Å². The number of hydrogen-bond donors (Lipinski definition) is 1. The Labute approximate surface area is 162 Å². The Morgan fingerprint density at radius 1 is 1.07 bits per heavy atom. The molecule has 1 N–H and O–H groups in total. The molecule has 2 aromatic heterocycles. The molecule has 2 heterocycles. The minimum Gasteiger partial charge on any atom is -0.376 e. The third kappa shape index (κ3) is 4.23. The second kappa shape index (κ2) is 7.46. The highest BCUT2D eigenvalue weighted by molar-refractivity contribution is 6.34. The third-order valence-corrected chi connectivity index (χ3v) is 4.48. The van der Waals surface area contributed by atoms with Gasteiger partial charge in [0, 0.05) is 16.2 Å². The molecule has 0 bridgehead atoms. The van der Waals surface area contributed by atoms with Crippen LogP contribution in [-0.2, 0) is 12.0 Å². The van der Waals surface area contributed by atoms with Crippen LogP contribution in [0.15, 0.2) is 49.2 Å². The summed E-state index contributed by atoms with van der Waals surface area (Å²) in [7, 11) is 0. The van der Waals surface area contributed by atoms with Gasteiger partial charge in [0.1, 0.15) is 12.7 Å². The fourth-order valence-electron chi connectivity index (χ4n) is 2.59. The maximum atomic E-state index is 13.6. The zero-order chi connectivity index (χ0) is 19.7. The van der Waals surface area contributed by atoms with E-state index in [1.165, 1.54) is 29.6 Å². The van der Waals surface area contributed by atoms with Crippen molar-refractivity contribution in [3.63, 3.8) is 0 Å². The predicted octanol–water partition coefficient (Wildman–Crippen LogP) is 4.35. The zero-order valence-electron chi connectivity index (χ0n) is 13.7. The van der Waals surface area contributed by atoms with Crippen molar-refractivity contribution in [2.24, 2.45) is 0 Å². The van der Waals surface area contributed by atoms with Gasteiger partial charge in [0.15, 0.2) is 11.4 Å². The summed E-state index contributed by atoms with van der Waals surface area (Å²) in [5, 5.41) is 14.4. The Balaban J connectivity index is 1.83. The van der Waals surface area contributed by atoms with E-state index in [1.54, 1.807) is 12.1 Å². The molecule has 1 aromatic carbocycles. The van der Waals surface area contributed by atoms with Gasteiger partial charge in [0.05, 0.1) is 0 Å². The van der Waals surface area contributed by atoms with E-state index in [-0.39, 0.29) is 16.5 Å². The minimum absolute atomic E-state index is 0.0130. The first-order valence-electron chi connectivity index (χ1n) is 7.75. The molecule has 10 heteroatoms. The molecule has 1 unspecified atom stereocenters. The van der Waals surface area contributed by atoms with E-state index in [0.29, 0.717) is 11.4 Å². The highest BCUT2D eigenvalue weighted by atomic mass is 35.5. The summed E-state index contributed by atoms with van der Waals surface area (Å²) in [6, 6.07) is 6.65. The van der Waals surface area contributed by atoms with Gasteiger partial charge in [-0.05, 0) is 48.2 Å². The quantitative estimate of drug-likeness (QED) is 0.671. The van der Waals surface area contributed by atoms with Crippen molar-refractivity contribution in [1.29, 1.82) is 0 Å². The molecule has 142 valence electrons. The Morgan fingerprint density at radius 3 is 2.30 bits per heavy atom. The van der Waals surface area contributed by atoms with Crippen molar-refractivity contribution in [2.75, 3.05) is 0 Å². The van der Waals surface area contributed by atoms with E-state index in [2.05, 4.69) is 15.1 Å². The average molecular weight is 417 g/mol. The Hall–Kier alpha value is -2.16. The van der Waals surface area contributed by atoms with Crippen LogP contribution in [0.5, 0.6) is 0 Å². The number of aliphatic hydroxyl groups is 1. The molecule has 3 aromatic rings. The van der Waals surface area contributed by atoms with E-state index in [9.17, 15) is 18.3 Å². The molecular formula is C17H13Cl2F3N4O. The molecule has 0 spiro atoms. The zero-order valence-corrected chi connectivity index (χ0v) is 15.2. The molecule has 0 radical (unpaired) electrons. The van der Waals surface area contributed by atoms with Gasteiger partial charge in [-0.15, -0.1) is 0 Å². The first kappa shape index (κ1) is 19.6. The molecule has 3 rings (SSSR count). The summed E-state index contributed by atoms with van der Waals surface area (Å²) < 4.78 is 42.3. The van der Waals surface area contributed by atoms with Crippen LogP contribution in [0.1, 0.15) is 17.5 Å². The number of hydrogen-bond acceptors (Lipinski definition) is 4. The lowest BCUT2D eigenvalue weighted by Gasteiger charge is -2.31. The summed E-state index contributed by atoms with van der Waals surface area (Å²) in [5.41, 5.74) is -2.97. The molecule has 1 atom stereocenters. The number of benzene rings is 1. The summed E-state index contributed by atoms with van der Waals surface area (Å²) in [6.07, 6.45) is -1.36. The number of aromatic nitrogens is 4. The van der Waals surface area contributed by atoms with Gasteiger partial charge >= 0.3 is 6.18 Å². The molecule has 0 aliphatic heterocycles. The normalized spacial score (nSPS) is 14.1. The summed E-state index contributed by atoms with van der Waals surface area (Å²) in [6.45, 7) is 0.